The zero-order valence-corrected chi connectivity index (χ0v) is 10.2. The van der Waals surface area contributed by atoms with Gasteiger partial charge in [0.25, 0.3) is 0 Å². The van der Waals surface area contributed by atoms with Crippen LogP contribution in [-0.4, -0.2) is 41.6 Å². The number of morpholine rings is 1. The van der Waals surface area contributed by atoms with E-state index in [4.69, 9.17) is 10.5 Å². The predicted octanol–water partition coefficient (Wildman–Crippen LogP) is 0.894. The fourth-order valence-electron chi connectivity index (χ4n) is 2.46. The van der Waals surface area contributed by atoms with E-state index in [9.17, 15) is 4.79 Å². The van der Waals surface area contributed by atoms with Crippen molar-refractivity contribution in [2.45, 2.75) is 57.2 Å². The monoisotopic (exact) mass is 226 g/mol. The summed E-state index contributed by atoms with van der Waals surface area (Å²) >= 11 is 0. The molecule has 2 N–H and O–H groups in total. The molecule has 2 aliphatic rings. The van der Waals surface area contributed by atoms with Crippen LogP contribution in [0.2, 0.25) is 0 Å². The van der Waals surface area contributed by atoms with Gasteiger partial charge in [-0.2, -0.15) is 0 Å². The molecule has 0 radical (unpaired) electrons. The molecular formula is C12H22N2O2. The Balaban J connectivity index is 1.92. The van der Waals surface area contributed by atoms with Gasteiger partial charge in [-0.15, -0.1) is 0 Å². The van der Waals surface area contributed by atoms with Crippen LogP contribution in [0.3, 0.4) is 0 Å². The lowest BCUT2D eigenvalue weighted by Gasteiger charge is -2.42. The maximum atomic E-state index is 12.2. The number of carbonyl (C=O) groups is 1. The molecule has 1 aliphatic carbocycles. The maximum Gasteiger partial charge on any atom is 0.224 e. The Morgan fingerprint density at radius 1 is 1.50 bits per heavy atom. The van der Waals surface area contributed by atoms with Crippen molar-refractivity contribution in [3.63, 3.8) is 0 Å². The zero-order valence-electron chi connectivity index (χ0n) is 10.2. The lowest BCUT2D eigenvalue weighted by atomic mass is 9.75. The van der Waals surface area contributed by atoms with E-state index in [1.807, 2.05) is 18.7 Å². The molecule has 92 valence electrons. The van der Waals surface area contributed by atoms with E-state index in [1.165, 1.54) is 6.42 Å². The highest BCUT2D eigenvalue weighted by Crippen LogP contribution is 2.33. The molecular weight excluding hydrogens is 204 g/mol. The van der Waals surface area contributed by atoms with Crippen molar-refractivity contribution in [1.82, 2.24) is 4.90 Å². The van der Waals surface area contributed by atoms with Crippen LogP contribution in [0, 0.1) is 0 Å². The van der Waals surface area contributed by atoms with Crippen molar-refractivity contribution < 1.29 is 9.53 Å². The average molecular weight is 226 g/mol. The summed E-state index contributed by atoms with van der Waals surface area (Å²) in [5, 5.41) is 0. The lowest BCUT2D eigenvalue weighted by Crippen LogP contribution is -2.55. The van der Waals surface area contributed by atoms with E-state index in [1.54, 1.807) is 0 Å². The van der Waals surface area contributed by atoms with Crippen LogP contribution in [0.15, 0.2) is 0 Å². The predicted molar refractivity (Wildman–Crippen MR) is 62.0 cm³/mol. The van der Waals surface area contributed by atoms with Crippen LogP contribution in [0.5, 0.6) is 0 Å². The normalized spacial score (nSPS) is 33.3. The van der Waals surface area contributed by atoms with Gasteiger partial charge in [0.2, 0.25) is 5.91 Å². The number of ether oxygens (including phenoxy) is 1. The first-order chi connectivity index (χ1) is 7.50. The molecule has 0 aromatic heterocycles. The van der Waals surface area contributed by atoms with Gasteiger partial charge in [-0.1, -0.05) is 0 Å². The first-order valence-corrected chi connectivity index (χ1v) is 6.20. The molecule has 2 rings (SSSR count). The van der Waals surface area contributed by atoms with Crippen LogP contribution in [0.4, 0.5) is 0 Å². The summed E-state index contributed by atoms with van der Waals surface area (Å²) in [7, 11) is 0. The number of rotatable bonds is 2. The summed E-state index contributed by atoms with van der Waals surface area (Å²) in [5.74, 6) is 0.199. The number of nitrogens with two attached hydrogens (primary N) is 1. The quantitative estimate of drug-likeness (QED) is 0.761. The van der Waals surface area contributed by atoms with E-state index in [2.05, 4.69) is 0 Å². The van der Waals surface area contributed by atoms with Gasteiger partial charge in [0.15, 0.2) is 0 Å². The van der Waals surface area contributed by atoms with Crippen LogP contribution in [0.1, 0.15) is 39.5 Å². The molecule has 1 aliphatic heterocycles. The molecule has 0 aromatic carbocycles. The van der Waals surface area contributed by atoms with Crippen molar-refractivity contribution in [1.29, 1.82) is 0 Å². The standard InChI is InChI=1S/C12H22N2O2/c1-9-8-16-10(2)7-14(9)11(15)6-12(13)4-3-5-12/h9-10H,3-8,13H2,1-2H3. The van der Waals surface area contributed by atoms with Crippen molar-refractivity contribution in [2.75, 3.05) is 13.2 Å². The molecule has 1 heterocycles. The molecule has 1 amide bonds. The number of carbonyl (C=O) groups excluding carboxylic acids is 1. The molecule has 0 bridgehead atoms. The minimum atomic E-state index is -0.210. The summed E-state index contributed by atoms with van der Waals surface area (Å²) < 4.78 is 5.52. The number of amides is 1. The van der Waals surface area contributed by atoms with Crippen molar-refractivity contribution in [3.8, 4) is 0 Å². The zero-order chi connectivity index (χ0) is 11.8. The first kappa shape index (κ1) is 11.9. The van der Waals surface area contributed by atoms with Crippen LogP contribution >= 0.6 is 0 Å². The smallest absolute Gasteiger partial charge is 0.224 e. The van der Waals surface area contributed by atoms with Gasteiger partial charge in [-0.3, -0.25) is 4.79 Å². The molecule has 0 aromatic rings. The molecule has 2 atom stereocenters. The van der Waals surface area contributed by atoms with Crippen molar-refractivity contribution in [3.05, 3.63) is 0 Å². The minimum Gasteiger partial charge on any atom is -0.375 e. The second-order valence-electron chi connectivity index (χ2n) is 5.43. The topological polar surface area (TPSA) is 55.6 Å². The van der Waals surface area contributed by atoms with Crippen molar-refractivity contribution >= 4 is 5.91 Å². The fourth-order valence-corrected chi connectivity index (χ4v) is 2.46. The Kier molecular flexibility index (Phi) is 3.22. The van der Waals surface area contributed by atoms with Gasteiger partial charge in [-0.05, 0) is 33.1 Å². The van der Waals surface area contributed by atoms with Gasteiger partial charge in [-0.25, -0.2) is 0 Å². The summed E-state index contributed by atoms with van der Waals surface area (Å²) in [6.45, 7) is 5.39. The highest BCUT2D eigenvalue weighted by molar-refractivity contribution is 5.78. The van der Waals surface area contributed by atoms with E-state index >= 15 is 0 Å². The maximum absolute atomic E-state index is 12.2. The van der Waals surface area contributed by atoms with Gasteiger partial charge >= 0.3 is 0 Å². The van der Waals surface area contributed by atoms with Crippen LogP contribution in [0.25, 0.3) is 0 Å². The first-order valence-electron chi connectivity index (χ1n) is 6.20. The highest BCUT2D eigenvalue weighted by Gasteiger charge is 2.37. The molecule has 0 spiro atoms. The molecule has 1 saturated carbocycles. The number of hydrogen-bond acceptors (Lipinski definition) is 3. The third-order valence-corrected chi connectivity index (χ3v) is 3.78. The van der Waals surface area contributed by atoms with E-state index < -0.39 is 0 Å². The van der Waals surface area contributed by atoms with Gasteiger partial charge in [0, 0.05) is 18.5 Å². The molecule has 2 fully saturated rings. The number of hydrogen-bond donors (Lipinski definition) is 1. The molecule has 1 saturated heterocycles. The summed E-state index contributed by atoms with van der Waals surface area (Å²) in [5.41, 5.74) is 5.90. The second kappa shape index (κ2) is 4.34. The molecule has 16 heavy (non-hydrogen) atoms. The molecule has 4 nitrogen and oxygen atoms in total. The second-order valence-corrected chi connectivity index (χ2v) is 5.43. The van der Waals surface area contributed by atoms with E-state index in [0.29, 0.717) is 19.6 Å². The number of nitrogens with zero attached hydrogens (tertiary/aromatic N) is 1. The third-order valence-electron chi connectivity index (χ3n) is 3.78. The summed E-state index contributed by atoms with van der Waals surface area (Å²) in [6.07, 6.45) is 3.80. The summed E-state index contributed by atoms with van der Waals surface area (Å²) in [6, 6.07) is 0.187. The van der Waals surface area contributed by atoms with E-state index in [0.717, 1.165) is 12.8 Å². The Labute approximate surface area is 97.1 Å². The van der Waals surface area contributed by atoms with Gasteiger partial charge in [0.1, 0.15) is 0 Å². The SMILES string of the molecule is CC1CN(C(=O)CC2(N)CCC2)C(C)CO1. The third kappa shape index (κ3) is 2.38. The Morgan fingerprint density at radius 3 is 2.75 bits per heavy atom. The minimum absolute atomic E-state index is 0.148. The molecule has 2 unspecified atom stereocenters. The van der Waals surface area contributed by atoms with Gasteiger partial charge < -0.3 is 15.4 Å². The highest BCUT2D eigenvalue weighted by atomic mass is 16.5. The van der Waals surface area contributed by atoms with E-state index in [-0.39, 0.29) is 23.6 Å². The summed E-state index contributed by atoms with van der Waals surface area (Å²) in [4.78, 5) is 14.1. The Bertz CT molecular complexity index is 276. The van der Waals surface area contributed by atoms with Crippen molar-refractivity contribution in [2.24, 2.45) is 5.73 Å². The molecule has 4 heteroatoms. The lowest BCUT2D eigenvalue weighted by molar-refractivity contribution is -0.145. The Morgan fingerprint density at radius 2 is 2.19 bits per heavy atom. The largest absolute Gasteiger partial charge is 0.375 e. The van der Waals surface area contributed by atoms with Crippen LogP contribution in [-0.2, 0) is 9.53 Å². The van der Waals surface area contributed by atoms with Crippen LogP contribution < -0.4 is 5.73 Å². The Hall–Kier alpha value is -0.610. The fraction of sp³-hybridized carbons (Fsp3) is 0.917. The average Bonchev–Trinajstić information content (AvgIpc) is 2.19. The van der Waals surface area contributed by atoms with Gasteiger partial charge in [0.05, 0.1) is 18.8 Å².